The monoisotopic (exact) mass is 639 g/mol. The number of hydrogen-bond donors (Lipinski definition) is 1. The fourth-order valence-electron chi connectivity index (χ4n) is 3.94. The molecule has 3 aromatic rings. The van der Waals surface area contributed by atoms with E-state index in [0.29, 0.717) is 22.5 Å². The molecular formula is C28H29BrF3N3O4S. The highest BCUT2D eigenvalue weighted by molar-refractivity contribution is 9.10. The average molecular weight is 641 g/mol. The highest BCUT2D eigenvalue weighted by atomic mass is 79.9. The molecule has 0 saturated carbocycles. The summed E-state index contributed by atoms with van der Waals surface area (Å²) in [5.41, 5.74) is 0.0301. The van der Waals surface area contributed by atoms with Gasteiger partial charge in [0.1, 0.15) is 12.6 Å². The van der Waals surface area contributed by atoms with Crippen molar-refractivity contribution in [3.8, 4) is 0 Å². The van der Waals surface area contributed by atoms with E-state index >= 15 is 0 Å². The third-order valence-electron chi connectivity index (χ3n) is 6.11. The van der Waals surface area contributed by atoms with Crippen LogP contribution in [0.3, 0.4) is 0 Å². The first-order valence-corrected chi connectivity index (χ1v) is 14.6. The summed E-state index contributed by atoms with van der Waals surface area (Å²) in [5, 5.41) is 2.65. The molecule has 12 heteroatoms. The lowest BCUT2D eigenvalue weighted by atomic mass is 10.1. The summed E-state index contributed by atoms with van der Waals surface area (Å²) < 4.78 is 69.5. The van der Waals surface area contributed by atoms with Gasteiger partial charge < -0.3 is 10.2 Å². The van der Waals surface area contributed by atoms with Crippen LogP contribution in [0.5, 0.6) is 0 Å². The second kappa shape index (κ2) is 12.9. The van der Waals surface area contributed by atoms with Gasteiger partial charge in [-0.2, -0.15) is 13.2 Å². The predicted molar refractivity (Wildman–Crippen MR) is 150 cm³/mol. The van der Waals surface area contributed by atoms with Gasteiger partial charge in [0, 0.05) is 17.6 Å². The minimum atomic E-state index is -4.74. The molecule has 7 nitrogen and oxygen atoms in total. The molecule has 0 spiro atoms. The molecule has 40 heavy (non-hydrogen) atoms. The van der Waals surface area contributed by atoms with Crippen LogP contribution in [-0.2, 0) is 32.3 Å². The summed E-state index contributed by atoms with van der Waals surface area (Å²) in [6, 6.07) is 15.5. The SMILES string of the molecule is CCNC(=O)[C@@H](C)N(Cc1cccc(Br)c1)C(=O)CN(c1cccc(C(F)(F)F)c1)S(=O)(=O)c1ccc(C)cc1. The number of sulfonamides is 1. The quantitative estimate of drug-likeness (QED) is 0.316. The minimum Gasteiger partial charge on any atom is -0.355 e. The Morgan fingerprint density at radius 2 is 1.65 bits per heavy atom. The van der Waals surface area contributed by atoms with E-state index in [0.717, 1.165) is 22.2 Å². The molecule has 0 heterocycles. The van der Waals surface area contributed by atoms with Crippen LogP contribution in [0.4, 0.5) is 18.9 Å². The average Bonchev–Trinajstić information content (AvgIpc) is 2.89. The van der Waals surface area contributed by atoms with Crippen LogP contribution in [0.25, 0.3) is 0 Å². The number of nitrogens with zero attached hydrogens (tertiary/aromatic N) is 2. The number of halogens is 4. The molecule has 1 N–H and O–H groups in total. The first-order chi connectivity index (χ1) is 18.7. The van der Waals surface area contributed by atoms with Gasteiger partial charge in [0.25, 0.3) is 10.0 Å². The zero-order valence-corrected chi connectivity index (χ0v) is 24.5. The van der Waals surface area contributed by atoms with Gasteiger partial charge >= 0.3 is 6.18 Å². The van der Waals surface area contributed by atoms with Crippen molar-refractivity contribution in [2.75, 3.05) is 17.4 Å². The van der Waals surface area contributed by atoms with Crippen molar-refractivity contribution in [2.45, 2.75) is 44.4 Å². The van der Waals surface area contributed by atoms with Crippen LogP contribution < -0.4 is 9.62 Å². The number of likely N-dealkylation sites (N-methyl/N-ethyl adjacent to an activating group) is 1. The molecule has 0 radical (unpaired) electrons. The molecule has 0 saturated heterocycles. The first kappa shape index (κ1) is 31.2. The second-order valence-electron chi connectivity index (χ2n) is 9.09. The summed E-state index contributed by atoms with van der Waals surface area (Å²) in [4.78, 5) is 27.5. The maximum atomic E-state index is 13.8. The number of hydrogen-bond acceptors (Lipinski definition) is 4. The van der Waals surface area contributed by atoms with E-state index in [1.807, 2.05) is 0 Å². The Kier molecular flexibility index (Phi) is 10.0. The Morgan fingerprint density at radius 1 is 1.00 bits per heavy atom. The molecule has 0 aromatic heterocycles. The standard InChI is InChI=1S/C28H29BrF3N3O4S/c1-4-33-27(37)20(3)34(17-21-7-5-9-23(29)15-21)26(36)18-35(24-10-6-8-22(16-24)28(30,31)32)40(38,39)25-13-11-19(2)12-14-25/h5-16,20H,4,17-18H2,1-3H3,(H,33,37)/t20-/m1/s1. The molecule has 3 aromatic carbocycles. The molecule has 0 aliphatic heterocycles. The third-order valence-corrected chi connectivity index (χ3v) is 8.39. The topological polar surface area (TPSA) is 86.8 Å². The first-order valence-electron chi connectivity index (χ1n) is 12.3. The van der Waals surface area contributed by atoms with Crippen molar-refractivity contribution in [3.63, 3.8) is 0 Å². The van der Waals surface area contributed by atoms with Gasteiger partial charge in [-0.05, 0) is 68.8 Å². The Hall–Kier alpha value is -3.38. The van der Waals surface area contributed by atoms with Crippen LogP contribution in [-0.4, -0.2) is 44.3 Å². The number of carbonyl (C=O) groups excluding carboxylic acids is 2. The molecular weight excluding hydrogens is 611 g/mol. The molecule has 2 amide bonds. The molecule has 3 rings (SSSR count). The Bertz CT molecular complexity index is 1460. The fraction of sp³-hybridized carbons (Fsp3) is 0.286. The maximum absolute atomic E-state index is 13.8. The van der Waals surface area contributed by atoms with Crippen molar-refractivity contribution >= 4 is 43.5 Å². The maximum Gasteiger partial charge on any atom is 0.416 e. The number of carbonyl (C=O) groups is 2. The summed E-state index contributed by atoms with van der Waals surface area (Å²) >= 11 is 3.37. The Balaban J connectivity index is 2.09. The third kappa shape index (κ3) is 7.63. The van der Waals surface area contributed by atoms with Gasteiger partial charge in [0.15, 0.2) is 0 Å². The van der Waals surface area contributed by atoms with Crippen molar-refractivity contribution < 1.29 is 31.2 Å². The highest BCUT2D eigenvalue weighted by Gasteiger charge is 2.35. The lowest BCUT2D eigenvalue weighted by molar-refractivity contribution is -0.139. The largest absolute Gasteiger partial charge is 0.416 e. The number of alkyl halides is 3. The summed E-state index contributed by atoms with van der Waals surface area (Å²) in [5.74, 6) is -1.23. The number of aryl methyl sites for hydroxylation is 1. The lowest BCUT2D eigenvalue weighted by Crippen LogP contribution is -2.51. The Morgan fingerprint density at radius 3 is 2.25 bits per heavy atom. The highest BCUT2D eigenvalue weighted by Crippen LogP contribution is 2.33. The van der Waals surface area contributed by atoms with Crippen LogP contribution in [0.1, 0.15) is 30.5 Å². The van der Waals surface area contributed by atoms with Gasteiger partial charge in [-0.1, -0.05) is 51.8 Å². The Labute approximate surface area is 240 Å². The molecule has 0 bridgehead atoms. The number of amides is 2. The molecule has 214 valence electrons. The number of benzene rings is 3. The van der Waals surface area contributed by atoms with E-state index in [1.54, 1.807) is 50.2 Å². The van der Waals surface area contributed by atoms with Gasteiger partial charge in [0.05, 0.1) is 16.1 Å². The van der Waals surface area contributed by atoms with Gasteiger partial charge in [-0.15, -0.1) is 0 Å². The second-order valence-corrected chi connectivity index (χ2v) is 11.9. The smallest absolute Gasteiger partial charge is 0.355 e. The summed E-state index contributed by atoms with van der Waals surface area (Å²) in [6.45, 7) is 4.40. The number of anilines is 1. The van der Waals surface area contributed by atoms with Crippen LogP contribution in [0.2, 0.25) is 0 Å². The van der Waals surface area contributed by atoms with Crippen LogP contribution in [0.15, 0.2) is 82.2 Å². The van der Waals surface area contributed by atoms with Gasteiger partial charge in [-0.3, -0.25) is 13.9 Å². The summed E-state index contributed by atoms with van der Waals surface area (Å²) in [7, 11) is -4.49. The van der Waals surface area contributed by atoms with Crippen molar-refractivity contribution in [3.05, 3.63) is 94.0 Å². The van der Waals surface area contributed by atoms with Crippen LogP contribution >= 0.6 is 15.9 Å². The van der Waals surface area contributed by atoms with E-state index < -0.39 is 46.2 Å². The van der Waals surface area contributed by atoms with E-state index in [9.17, 15) is 31.2 Å². The molecule has 0 unspecified atom stereocenters. The molecule has 0 fully saturated rings. The zero-order valence-electron chi connectivity index (χ0n) is 22.1. The van der Waals surface area contributed by atoms with Crippen molar-refractivity contribution in [2.24, 2.45) is 0 Å². The number of rotatable bonds is 10. The van der Waals surface area contributed by atoms with E-state index in [-0.39, 0.29) is 17.1 Å². The van der Waals surface area contributed by atoms with E-state index in [2.05, 4.69) is 21.2 Å². The molecule has 0 aliphatic carbocycles. The summed E-state index contributed by atoms with van der Waals surface area (Å²) in [6.07, 6.45) is -4.74. The predicted octanol–water partition coefficient (Wildman–Crippen LogP) is 5.53. The van der Waals surface area contributed by atoms with Gasteiger partial charge in [0.2, 0.25) is 11.8 Å². The molecule has 1 atom stereocenters. The normalized spacial score (nSPS) is 12.5. The van der Waals surface area contributed by atoms with E-state index in [1.165, 1.54) is 30.0 Å². The molecule has 0 aliphatic rings. The zero-order chi connectivity index (χ0) is 29.7. The van der Waals surface area contributed by atoms with Crippen molar-refractivity contribution in [1.29, 1.82) is 0 Å². The fourth-order valence-corrected chi connectivity index (χ4v) is 5.79. The van der Waals surface area contributed by atoms with Gasteiger partial charge in [-0.25, -0.2) is 8.42 Å². The lowest BCUT2D eigenvalue weighted by Gasteiger charge is -2.32. The number of nitrogens with one attached hydrogen (secondary N) is 1. The van der Waals surface area contributed by atoms with Crippen LogP contribution in [0, 0.1) is 6.92 Å². The van der Waals surface area contributed by atoms with E-state index in [4.69, 9.17) is 0 Å². The minimum absolute atomic E-state index is 0.0441. The van der Waals surface area contributed by atoms with Crippen molar-refractivity contribution in [1.82, 2.24) is 10.2 Å².